The molecule has 1 aliphatic rings. The second kappa shape index (κ2) is 9.82. The highest BCUT2D eigenvalue weighted by Gasteiger charge is 2.24. The fourth-order valence-electron chi connectivity index (χ4n) is 3.44. The molecule has 0 unspecified atom stereocenters. The summed E-state index contributed by atoms with van der Waals surface area (Å²) in [6.07, 6.45) is -0.149. The second-order valence-corrected chi connectivity index (χ2v) is 6.81. The second-order valence-electron chi connectivity index (χ2n) is 6.81. The fourth-order valence-corrected chi connectivity index (χ4v) is 3.44. The molecule has 1 heterocycles. The topological polar surface area (TPSA) is 71.1 Å². The number of hydrogen-bond donors (Lipinski definition) is 1. The number of carbonyl (C=O) groups excluding carboxylic acids is 2. The van der Waals surface area contributed by atoms with Gasteiger partial charge >= 0.3 is 0 Å². The lowest BCUT2D eigenvalue weighted by molar-refractivity contribution is -0.136. The van der Waals surface area contributed by atoms with E-state index < -0.39 is 0 Å². The average Bonchev–Trinajstić information content (AvgIpc) is 2.77. The predicted octanol–water partition coefficient (Wildman–Crippen LogP) is 2.06. The van der Waals surface area contributed by atoms with Crippen molar-refractivity contribution in [1.29, 1.82) is 0 Å². The molecule has 3 rings (SSSR count). The van der Waals surface area contributed by atoms with E-state index in [4.69, 9.17) is 9.47 Å². The van der Waals surface area contributed by atoms with Crippen molar-refractivity contribution in [2.24, 2.45) is 0 Å². The van der Waals surface area contributed by atoms with Crippen molar-refractivity contribution in [1.82, 2.24) is 10.2 Å². The first-order valence-corrected chi connectivity index (χ1v) is 9.66. The molecule has 0 saturated carbocycles. The number of nitrogens with one attached hydrogen (secondary N) is 1. The number of methoxy groups -OCH3 is 2. The van der Waals surface area contributed by atoms with Gasteiger partial charge in [0.05, 0.1) is 19.9 Å². The first kappa shape index (κ1) is 20.5. The molecule has 2 aromatic carbocycles. The summed E-state index contributed by atoms with van der Waals surface area (Å²) < 4.78 is 10.7. The van der Waals surface area contributed by atoms with E-state index in [1.165, 1.54) is 0 Å². The van der Waals surface area contributed by atoms with Crippen LogP contribution in [0, 0.1) is 0 Å². The molecule has 0 atom stereocenters. The van der Waals surface area contributed by atoms with Gasteiger partial charge in [-0.25, -0.2) is 0 Å². The Bertz CT molecular complexity index is 847. The van der Waals surface area contributed by atoms with Crippen molar-refractivity contribution in [3.63, 3.8) is 0 Å². The summed E-state index contributed by atoms with van der Waals surface area (Å²) >= 11 is 0. The van der Waals surface area contributed by atoms with Crippen LogP contribution in [0.3, 0.4) is 0 Å². The van der Waals surface area contributed by atoms with Crippen molar-refractivity contribution >= 4 is 17.5 Å². The minimum absolute atomic E-state index is 0.149. The molecule has 0 radical (unpaired) electrons. The zero-order valence-corrected chi connectivity index (χ0v) is 16.9. The number of para-hydroxylation sites is 3. The molecule has 2 aromatic rings. The van der Waals surface area contributed by atoms with Crippen molar-refractivity contribution in [2.45, 2.75) is 13.0 Å². The van der Waals surface area contributed by atoms with E-state index in [9.17, 15) is 9.59 Å². The number of carbonyl (C=O) groups is 2. The van der Waals surface area contributed by atoms with Gasteiger partial charge in [0, 0.05) is 38.3 Å². The number of benzene rings is 2. The van der Waals surface area contributed by atoms with Crippen molar-refractivity contribution in [3.05, 3.63) is 54.1 Å². The Morgan fingerprint density at radius 2 is 1.52 bits per heavy atom. The van der Waals surface area contributed by atoms with Gasteiger partial charge in [-0.3, -0.25) is 9.59 Å². The summed E-state index contributed by atoms with van der Waals surface area (Å²) in [5.41, 5.74) is 1.90. The van der Waals surface area contributed by atoms with Crippen LogP contribution in [0.25, 0.3) is 0 Å². The third-order valence-electron chi connectivity index (χ3n) is 5.04. The predicted molar refractivity (Wildman–Crippen MR) is 111 cm³/mol. The Kier molecular flexibility index (Phi) is 6.94. The van der Waals surface area contributed by atoms with Crippen LogP contribution in [0.1, 0.15) is 12.0 Å². The van der Waals surface area contributed by atoms with Gasteiger partial charge in [0.1, 0.15) is 17.9 Å². The molecule has 1 saturated heterocycles. The molecule has 0 spiro atoms. The fraction of sp³-hybridized carbons (Fsp3) is 0.364. The van der Waals surface area contributed by atoms with E-state index >= 15 is 0 Å². The van der Waals surface area contributed by atoms with Gasteiger partial charge < -0.3 is 24.6 Å². The van der Waals surface area contributed by atoms with Gasteiger partial charge in [-0.15, -0.1) is 0 Å². The zero-order chi connectivity index (χ0) is 20.6. The highest BCUT2D eigenvalue weighted by Crippen LogP contribution is 2.28. The normalized spacial score (nSPS) is 13.7. The SMILES string of the molecule is COc1ccccc1CNC(=O)CC(=O)N1CCN(c2ccccc2OC)CC1. The van der Waals surface area contributed by atoms with Gasteiger partial charge in [0.25, 0.3) is 0 Å². The zero-order valence-electron chi connectivity index (χ0n) is 16.9. The van der Waals surface area contributed by atoms with Crippen LogP contribution in [-0.4, -0.2) is 57.1 Å². The summed E-state index contributed by atoms with van der Waals surface area (Å²) in [4.78, 5) is 28.7. The van der Waals surface area contributed by atoms with Gasteiger partial charge in [-0.2, -0.15) is 0 Å². The lowest BCUT2D eigenvalue weighted by Crippen LogP contribution is -2.49. The smallest absolute Gasteiger partial charge is 0.232 e. The number of piperazine rings is 1. The summed E-state index contributed by atoms with van der Waals surface area (Å²) in [5, 5.41) is 2.80. The van der Waals surface area contributed by atoms with E-state index in [1.54, 1.807) is 19.1 Å². The van der Waals surface area contributed by atoms with Crippen LogP contribution >= 0.6 is 0 Å². The number of rotatable bonds is 7. The van der Waals surface area contributed by atoms with Crippen LogP contribution in [0.15, 0.2) is 48.5 Å². The van der Waals surface area contributed by atoms with E-state index in [1.807, 2.05) is 48.5 Å². The molecule has 1 N–H and O–H groups in total. The van der Waals surface area contributed by atoms with Crippen LogP contribution in [0.2, 0.25) is 0 Å². The summed E-state index contributed by atoms with van der Waals surface area (Å²) in [5.74, 6) is 1.10. The molecule has 0 aliphatic carbocycles. The minimum Gasteiger partial charge on any atom is -0.496 e. The van der Waals surface area contributed by atoms with Gasteiger partial charge in [-0.05, 0) is 18.2 Å². The van der Waals surface area contributed by atoms with Gasteiger partial charge in [-0.1, -0.05) is 30.3 Å². The van der Waals surface area contributed by atoms with E-state index in [0.29, 0.717) is 38.5 Å². The summed E-state index contributed by atoms with van der Waals surface area (Å²) in [6, 6.07) is 15.3. The van der Waals surface area contributed by atoms with E-state index in [-0.39, 0.29) is 18.2 Å². The standard InChI is InChI=1S/C22H27N3O4/c1-28-19-9-5-3-7-17(19)16-23-21(26)15-22(27)25-13-11-24(12-14-25)18-8-4-6-10-20(18)29-2/h3-10H,11-16H2,1-2H3,(H,23,26). The lowest BCUT2D eigenvalue weighted by Gasteiger charge is -2.36. The molecule has 29 heavy (non-hydrogen) atoms. The number of nitrogens with zero attached hydrogens (tertiary/aromatic N) is 2. The molecule has 0 aromatic heterocycles. The highest BCUT2D eigenvalue weighted by atomic mass is 16.5. The third-order valence-corrected chi connectivity index (χ3v) is 5.04. The van der Waals surface area contributed by atoms with Crippen LogP contribution < -0.4 is 19.7 Å². The maximum absolute atomic E-state index is 12.5. The molecule has 7 heteroatoms. The van der Waals surface area contributed by atoms with E-state index in [0.717, 1.165) is 17.0 Å². The Balaban J connectivity index is 1.47. The molecular weight excluding hydrogens is 370 g/mol. The average molecular weight is 397 g/mol. The maximum Gasteiger partial charge on any atom is 0.232 e. The Morgan fingerprint density at radius 3 is 2.21 bits per heavy atom. The molecule has 1 aliphatic heterocycles. The monoisotopic (exact) mass is 397 g/mol. The first-order valence-electron chi connectivity index (χ1n) is 9.66. The van der Waals surface area contributed by atoms with E-state index in [2.05, 4.69) is 10.2 Å². The quantitative estimate of drug-likeness (QED) is 0.724. The largest absolute Gasteiger partial charge is 0.496 e. The summed E-state index contributed by atoms with van der Waals surface area (Å²) in [7, 11) is 3.25. The van der Waals surface area contributed by atoms with Crippen molar-refractivity contribution < 1.29 is 19.1 Å². The van der Waals surface area contributed by atoms with Crippen LogP contribution in [0.5, 0.6) is 11.5 Å². The Labute approximate surface area is 171 Å². The molecule has 2 amide bonds. The van der Waals surface area contributed by atoms with Gasteiger partial charge in [0.15, 0.2) is 0 Å². The Morgan fingerprint density at radius 1 is 0.897 bits per heavy atom. The molecular formula is C22H27N3O4. The Hall–Kier alpha value is -3.22. The number of hydrogen-bond acceptors (Lipinski definition) is 5. The maximum atomic E-state index is 12.5. The number of anilines is 1. The molecule has 7 nitrogen and oxygen atoms in total. The number of ether oxygens (including phenoxy) is 2. The van der Waals surface area contributed by atoms with Crippen LogP contribution in [0.4, 0.5) is 5.69 Å². The van der Waals surface area contributed by atoms with Gasteiger partial charge in [0.2, 0.25) is 11.8 Å². The van der Waals surface area contributed by atoms with Crippen molar-refractivity contribution in [3.8, 4) is 11.5 Å². The van der Waals surface area contributed by atoms with Crippen molar-refractivity contribution in [2.75, 3.05) is 45.3 Å². The minimum atomic E-state index is -0.284. The van der Waals surface area contributed by atoms with Crippen LogP contribution in [-0.2, 0) is 16.1 Å². The third kappa shape index (κ3) is 5.19. The lowest BCUT2D eigenvalue weighted by atomic mass is 10.2. The molecule has 1 fully saturated rings. The summed E-state index contributed by atoms with van der Waals surface area (Å²) in [6.45, 7) is 2.90. The molecule has 154 valence electrons. The highest BCUT2D eigenvalue weighted by molar-refractivity contribution is 5.97. The number of amides is 2. The molecule has 0 bridgehead atoms. The first-order chi connectivity index (χ1) is 14.1.